The predicted molar refractivity (Wildman–Crippen MR) is 65.3 cm³/mol. The number of nitrogens with zero attached hydrogens (tertiary/aromatic N) is 2. The fourth-order valence-electron chi connectivity index (χ4n) is 1.53. The molecule has 2 heterocycles. The van der Waals surface area contributed by atoms with Gasteiger partial charge in [-0.15, -0.1) is 0 Å². The molecule has 5 nitrogen and oxygen atoms in total. The Labute approximate surface area is 113 Å². The van der Waals surface area contributed by atoms with E-state index in [9.17, 15) is 9.18 Å². The van der Waals surface area contributed by atoms with Crippen LogP contribution in [0, 0.1) is 17.1 Å². The van der Waals surface area contributed by atoms with Gasteiger partial charge in [-0.2, -0.15) is 0 Å². The number of rotatable bonds is 3. The average Bonchev–Trinajstić information content (AvgIpc) is 3.17. The van der Waals surface area contributed by atoms with Gasteiger partial charge in [0.2, 0.25) is 0 Å². The fraction of sp³-hybridized carbons (Fsp3) is 0.0833. The Kier molecular flexibility index (Phi) is 2.82. The number of halogens is 1. The number of fused-ring (bicyclic) bond motifs is 1. The summed E-state index contributed by atoms with van der Waals surface area (Å²) in [6.45, 7) is -0.0125. The van der Waals surface area contributed by atoms with E-state index in [1.165, 1.54) is 12.1 Å². The minimum absolute atomic E-state index is 0.0125. The number of nitriles is 1. The number of H-pyrrole nitrogens is 1. The summed E-state index contributed by atoms with van der Waals surface area (Å²) < 4.78 is 20.4. The van der Waals surface area contributed by atoms with Crippen molar-refractivity contribution in [3.05, 3.63) is 45.8 Å². The summed E-state index contributed by atoms with van der Waals surface area (Å²) in [5, 5.41) is 8.62. The Balaban J connectivity index is 1.76. The van der Waals surface area contributed by atoms with Gasteiger partial charge in [-0.1, -0.05) is 0 Å². The van der Waals surface area contributed by atoms with Crippen molar-refractivity contribution in [2.45, 2.75) is 6.61 Å². The van der Waals surface area contributed by atoms with Gasteiger partial charge < -0.3 is 0 Å². The molecule has 7 heteroatoms. The van der Waals surface area contributed by atoms with Crippen LogP contribution < -0.4 is 19.4 Å². The fourth-order valence-corrected chi connectivity index (χ4v) is 2.75. The van der Waals surface area contributed by atoms with Crippen LogP contribution in [0.15, 0.2) is 23.0 Å². The zero-order valence-electron chi connectivity index (χ0n) is 9.44. The first-order chi connectivity index (χ1) is 9.17. The van der Waals surface area contributed by atoms with Crippen molar-refractivity contribution in [2.24, 2.45) is 0 Å². The summed E-state index contributed by atoms with van der Waals surface area (Å²) in [5.74, 6) is -0.207. The first-order valence-corrected chi connectivity index (χ1v) is 7.02. The van der Waals surface area contributed by atoms with E-state index in [0.717, 1.165) is 15.1 Å². The molecule has 19 heavy (non-hydrogen) atoms. The van der Waals surface area contributed by atoms with Gasteiger partial charge in [-0.05, 0) is 0 Å². The summed E-state index contributed by atoms with van der Waals surface area (Å²) in [6, 6.07) is 5.78. The van der Waals surface area contributed by atoms with Crippen LogP contribution in [0.3, 0.4) is 0 Å². The molecule has 0 saturated carbocycles. The Morgan fingerprint density at radius 1 is 1.53 bits per heavy atom. The maximum absolute atomic E-state index is 13.5. The molecule has 3 rings (SSSR count). The van der Waals surface area contributed by atoms with Gasteiger partial charge >= 0.3 is 113 Å². The maximum atomic E-state index is 13.5. The van der Waals surface area contributed by atoms with E-state index in [2.05, 4.69) is 9.97 Å². The van der Waals surface area contributed by atoms with Crippen molar-refractivity contribution < 1.29 is 9.13 Å². The first-order valence-electron chi connectivity index (χ1n) is 5.31. The zero-order valence-corrected chi connectivity index (χ0v) is 11.1. The molecule has 0 aliphatic carbocycles. The molecule has 1 aromatic carbocycles. The van der Waals surface area contributed by atoms with Crippen LogP contribution in [-0.4, -0.2) is 24.9 Å². The molecular weight excluding hydrogens is 316 g/mol. The van der Waals surface area contributed by atoms with Gasteiger partial charge in [-0.25, -0.2) is 0 Å². The van der Waals surface area contributed by atoms with E-state index < -0.39 is 5.82 Å². The molecule has 0 saturated heterocycles. The molecule has 0 bridgehead atoms. The summed E-state index contributed by atoms with van der Waals surface area (Å²) in [4.78, 5) is 18.2. The van der Waals surface area contributed by atoms with Crippen LogP contribution in [0.5, 0.6) is 5.75 Å². The van der Waals surface area contributed by atoms with Crippen molar-refractivity contribution in [1.82, 2.24) is 9.97 Å². The van der Waals surface area contributed by atoms with Crippen LogP contribution in [0.2, 0.25) is 0 Å². The first kappa shape index (κ1) is 11.9. The molecule has 1 aliphatic heterocycles. The monoisotopic (exact) mass is 323 g/mol. The number of hydrogen-bond acceptors (Lipinski definition) is 4. The Bertz CT molecular complexity index is 767. The van der Waals surface area contributed by atoms with Crippen molar-refractivity contribution >= 4 is 24.0 Å². The van der Waals surface area contributed by atoms with Crippen LogP contribution in [0.25, 0.3) is 0 Å². The molecule has 0 spiro atoms. The molecule has 1 aliphatic rings. The molecular formula is C12H6FN3O2Se. The molecule has 0 atom stereocenters. The summed E-state index contributed by atoms with van der Waals surface area (Å²) >= 11 is 0.0888. The van der Waals surface area contributed by atoms with E-state index in [-0.39, 0.29) is 38.4 Å². The van der Waals surface area contributed by atoms with E-state index >= 15 is 0 Å². The van der Waals surface area contributed by atoms with Crippen molar-refractivity contribution in [2.75, 3.05) is 0 Å². The molecule has 1 N–H and O–H groups in total. The Morgan fingerprint density at radius 3 is 3.05 bits per heavy atom. The number of aromatic nitrogens is 2. The van der Waals surface area contributed by atoms with Crippen LogP contribution in [-0.2, 0) is 6.61 Å². The SMILES string of the molecule is N#Cc1ccc(OCc2nc3c(c(=O)[nH]2)[Se]3)c(F)c1. The standard InChI is InChI=1S/C12H6FN3O2Se/c13-7-3-6(4-14)1-2-8(7)18-5-9-15-11(17)10-12(16-9)19-10/h1-3H,5H2,(H,15,16,17). The number of nitrogens with one attached hydrogen (secondary N) is 1. The number of benzene rings is 1. The molecule has 0 radical (unpaired) electrons. The van der Waals surface area contributed by atoms with E-state index in [4.69, 9.17) is 10.00 Å². The molecule has 0 fully saturated rings. The second kappa shape index (κ2) is 4.50. The third-order valence-corrected chi connectivity index (χ3v) is 4.30. The predicted octanol–water partition coefficient (Wildman–Crippen LogP) is -0.672. The van der Waals surface area contributed by atoms with E-state index in [1.807, 2.05) is 6.07 Å². The quantitative estimate of drug-likeness (QED) is 0.649. The topological polar surface area (TPSA) is 78.8 Å². The third-order valence-electron chi connectivity index (χ3n) is 2.48. The Morgan fingerprint density at radius 2 is 2.37 bits per heavy atom. The number of aromatic amines is 1. The van der Waals surface area contributed by atoms with Crippen LogP contribution in [0.4, 0.5) is 4.39 Å². The van der Waals surface area contributed by atoms with Gasteiger partial charge in [0.1, 0.15) is 0 Å². The molecule has 0 amide bonds. The summed E-state index contributed by atoms with van der Waals surface area (Å²) in [5.41, 5.74) is 0.0903. The zero-order chi connectivity index (χ0) is 13.4. The van der Waals surface area contributed by atoms with Crippen molar-refractivity contribution in [3.8, 4) is 11.8 Å². The van der Waals surface area contributed by atoms with Gasteiger partial charge in [-0.3, -0.25) is 0 Å². The molecule has 1 aromatic heterocycles. The minimum atomic E-state index is -0.614. The van der Waals surface area contributed by atoms with Gasteiger partial charge in [0.25, 0.3) is 0 Å². The van der Waals surface area contributed by atoms with Gasteiger partial charge in [0.05, 0.1) is 0 Å². The Hall–Kier alpha value is -2.16. The second-order valence-electron chi connectivity index (χ2n) is 3.79. The summed E-state index contributed by atoms with van der Waals surface area (Å²) in [7, 11) is 0. The van der Waals surface area contributed by atoms with Gasteiger partial charge in [0.15, 0.2) is 0 Å². The van der Waals surface area contributed by atoms with E-state index in [1.54, 1.807) is 0 Å². The van der Waals surface area contributed by atoms with Crippen LogP contribution >= 0.6 is 0 Å². The van der Waals surface area contributed by atoms with Gasteiger partial charge in [0, 0.05) is 0 Å². The molecule has 2 aromatic rings. The second-order valence-corrected chi connectivity index (χ2v) is 5.89. The number of hydrogen-bond donors (Lipinski definition) is 1. The normalized spacial score (nSPS) is 11.6. The number of ether oxygens (including phenoxy) is 1. The van der Waals surface area contributed by atoms with E-state index in [0.29, 0.717) is 5.82 Å². The third kappa shape index (κ3) is 2.36. The van der Waals surface area contributed by atoms with Crippen molar-refractivity contribution in [3.63, 3.8) is 0 Å². The molecule has 0 unspecified atom stereocenters. The van der Waals surface area contributed by atoms with Crippen molar-refractivity contribution in [1.29, 1.82) is 5.26 Å². The molecule has 94 valence electrons. The average molecular weight is 322 g/mol. The summed E-state index contributed by atoms with van der Waals surface area (Å²) in [6.07, 6.45) is 0. The van der Waals surface area contributed by atoms with Crippen LogP contribution in [0.1, 0.15) is 11.4 Å².